The Morgan fingerprint density at radius 3 is 1.76 bits per heavy atom. The van der Waals surface area contributed by atoms with E-state index in [4.69, 9.17) is 4.74 Å². The summed E-state index contributed by atoms with van der Waals surface area (Å²) in [7, 11) is 0. The minimum Gasteiger partial charge on any atom is -0.494 e. The minimum atomic E-state index is 0.793. The van der Waals surface area contributed by atoms with Gasteiger partial charge in [-0.2, -0.15) is 0 Å². The number of hydrogen-bond donors (Lipinski definition) is 0. The summed E-state index contributed by atoms with van der Waals surface area (Å²) in [4.78, 5) is 0. The summed E-state index contributed by atoms with van der Waals surface area (Å²) in [6, 6.07) is 16.0. The molecule has 128 valence electrons. The summed E-state index contributed by atoms with van der Waals surface area (Å²) in [5.41, 5.74) is 3.01. The van der Waals surface area contributed by atoms with Crippen LogP contribution < -0.4 is 4.74 Å². The van der Waals surface area contributed by atoms with Crippen molar-refractivity contribution in [2.45, 2.75) is 46.0 Å². The molecule has 0 spiro atoms. The van der Waals surface area contributed by atoms with Crippen LogP contribution >= 0.6 is 0 Å². The third-order valence-corrected chi connectivity index (χ3v) is 3.88. The van der Waals surface area contributed by atoms with Gasteiger partial charge >= 0.3 is 0 Å². The van der Waals surface area contributed by atoms with Gasteiger partial charge in [0.2, 0.25) is 0 Å². The first-order chi connectivity index (χ1) is 12.3. The molecule has 1 nitrogen and oxygen atoms in total. The lowest BCUT2D eigenvalue weighted by molar-refractivity contribution is 0.304. The van der Waals surface area contributed by atoms with Crippen LogP contribution in [-0.4, -0.2) is 6.61 Å². The molecule has 0 aliphatic heterocycles. The first-order valence-electron chi connectivity index (χ1n) is 9.09. The molecule has 0 aliphatic rings. The molecule has 2 rings (SSSR count). The lowest BCUT2D eigenvalue weighted by Gasteiger charge is -2.05. The minimum absolute atomic E-state index is 0.793. The summed E-state index contributed by atoms with van der Waals surface area (Å²) >= 11 is 0. The first-order valence-corrected chi connectivity index (χ1v) is 9.09. The molecule has 0 amide bonds. The summed E-state index contributed by atoms with van der Waals surface area (Å²) in [6.45, 7) is 4.87. The van der Waals surface area contributed by atoms with Gasteiger partial charge < -0.3 is 4.74 Å². The van der Waals surface area contributed by atoms with E-state index in [1.165, 1.54) is 25.7 Å². The molecule has 2 aromatic carbocycles. The highest BCUT2D eigenvalue weighted by molar-refractivity contribution is 5.46. The SMILES string of the molecule is CC#Cc1ccc(C#Cc2ccc(OCCCCCCC)cc2)cc1. The number of rotatable bonds is 7. The number of hydrogen-bond acceptors (Lipinski definition) is 1. The van der Waals surface area contributed by atoms with Crippen LogP contribution in [0.4, 0.5) is 0 Å². The van der Waals surface area contributed by atoms with E-state index in [0.717, 1.165) is 35.5 Å². The lowest BCUT2D eigenvalue weighted by atomic mass is 10.1. The fraction of sp³-hybridized carbons (Fsp3) is 0.333. The first kappa shape index (κ1) is 18.7. The average molecular weight is 330 g/mol. The third-order valence-electron chi connectivity index (χ3n) is 3.88. The summed E-state index contributed by atoms with van der Waals surface area (Å²) in [6.07, 6.45) is 6.28. The maximum atomic E-state index is 5.78. The molecule has 0 saturated heterocycles. The third kappa shape index (κ3) is 7.19. The van der Waals surface area contributed by atoms with E-state index in [2.05, 4.69) is 30.6 Å². The van der Waals surface area contributed by atoms with E-state index < -0.39 is 0 Å². The fourth-order valence-corrected chi connectivity index (χ4v) is 2.46. The van der Waals surface area contributed by atoms with E-state index in [1.54, 1.807) is 0 Å². The van der Waals surface area contributed by atoms with Crippen molar-refractivity contribution in [3.8, 4) is 29.4 Å². The molecule has 0 atom stereocenters. The van der Waals surface area contributed by atoms with Crippen LogP contribution in [0.5, 0.6) is 5.75 Å². The zero-order chi connectivity index (χ0) is 17.7. The van der Waals surface area contributed by atoms with Crippen molar-refractivity contribution in [2.24, 2.45) is 0 Å². The smallest absolute Gasteiger partial charge is 0.119 e. The number of ether oxygens (including phenoxy) is 1. The van der Waals surface area contributed by atoms with Gasteiger partial charge in [0.05, 0.1) is 6.61 Å². The zero-order valence-electron chi connectivity index (χ0n) is 15.3. The lowest BCUT2D eigenvalue weighted by Crippen LogP contribution is -1.97. The predicted octanol–water partition coefficient (Wildman–Crippen LogP) is 5.81. The van der Waals surface area contributed by atoms with Crippen molar-refractivity contribution in [3.05, 3.63) is 65.2 Å². The Kier molecular flexibility index (Phi) is 8.23. The van der Waals surface area contributed by atoms with E-state index >= 15 is 0 Å². The van der Waals surface area contributed by atoms with Gasteiger partial charge in [0.15, 0.2) is 0 Å². The van der Waals surface area contributed by atoms with Crippen LogP contribution in [0.1, 0.15) is 62.6 Å². The molecular weight excluding hydrogens is 304 g/mol. The van der Waals surface area contributed by atoms with Crippen LogP contribution in [0.2, 0.25) is 0 Å². The van der Waals surface area contributed by atoms with Crippen LogP contribution in [-0.2, 0) is 0 Å². The van der Waals surface area contributed by atoms with Gasteiger partial charge in [-0.3, -0.25) is 0 Å². The van der Waals surface area contributed by atoms with Gasteiger partial charge in [0.25, 0.3) is 0 Å². The number of unbranched alkanes of at least 4 members (excludes halogenated alkanes) is 4. The van der Waals surface area contributed by atoms with Gasteiger partial charge in [-0.05, 0) is 61.9 Å². The van der Waals surface area contributed by atoms with Crippen molar-refractivity contribution in [1.82, 2.24) is 0 Å². The molecule has 0 bridgehead atoms. The van der Waals surface area contributed by atoms with Crippen molar-refractivity contribution in [1.29, 1.82) is 0 Å². The largest absolute Gasteiger partial charge is 0.494 e. The summed E-state index contributed by atoms with van der Waals surface area (Å²) in [5, 5.41) is 0. The van der Waals surface area contributed by atoms with Crippen molar-refractivity contribution in [3.63, 3.8) is 0 Å². The highest BCUT2D eigenvalue weighted by Crippen LogP contribution is 2.13. The Morgan fingerprint density at radius 2 is 1.20 bits per heavy atom. The second-order valence-electron chi connectivity index (χ2n) is 5.99. The Bertz CT molecular complexity index is 746. The van der Waals surface area contributed by atoms with Crippen molar-refractivity contribution < 1.29 is 4.74 Å². The van der Waals surface area contributed by atoms with E-state index in [1.807, 2.05) is 55.5 Å². The fourth-order valence-electron chi connectivity index (χ4n) is 2.46. The van der Waals surface area contributed by atoms with Gasteiger partial charge in [-0.15, -0.1) is 5.92 Å². The quantitative estimate of drug-likeness (QED) is 0.460. The maximum absolute atomic E-state index is 5.78. The molecule has 0 N–H and O–H groups in total. The van der Waals surface area contributed by atoms with E-state index in [-0.39, 0.29) is 0 Å². The zero-order valence-corrected chi connectivity index (χ0v) is 15.3. The predicted molar refractivity (Wildman–Crippen MR) is 106 cm³/mol. The van der Waals surface area contributed by atoms with E-state index in [0.29, 0.717) is 0 Å². The number of benzene rings is 2. The Labute approximate surface area is 152 Å². The van der Waals surface area contributed by atoms with Crippen LogP contribution in [0.3, 0.4) is 0 Å². The molecule has 0 unspecified atom stereocenters. The second-order valence-corrected chi connectivity index (χ2v) is 5.99. The maximum Gasteiger partial charge on any atom is 0.119 e. The van der Waals surface area contributed by atoms with Crippen molar-refractivity contribution >= 4 is 0 Å². The van der Waals surface area contributed by atoms with E-state index in [9.17, 15) is 0 Å². The van der Waals surface area contributed by atoms with Gasteiger partial charge in [0, 0.05) is 16.7 Å². The molecule has 0 aromatic heterocycles. The van der Waals surface area contributed by atoms with Gasteiger partial charge in [0.1, 0.15) is 5.75 Å². The molecule has 25 heavy (non-hydrogen) atoms. The molecule has 0 aliphatic carbocycles. The van der Waals surface area contributed by atoms with Gasteiger partial charge in [-0.25, -0.2) is 0 Å². The average Bonchev–Trinajstić information content (AvgIpc) is 2.65. The molecule has 2 aromatic rings. The topological polar surface area (TPSA) is 9.23 Å². The molecule has 0 fully saturated rings. The second kappa shape index (κ2) is 11.0. The highest BCUT2D eigenvalue weighted by Gasteiger charge is 1.95. The molecule has 0 heterocycles. The highest BCUT2D eigenvalue weighted by atomic mass is 16.5. The van der Waals surface area contributed by atoms with Crippen LogP contribution in [0.25, 0.3) is 0 Å². The molecular formula is C24H26O. The molecule has 0 saturated carbocycles. The normalized spacial score (nSPS) is 9.52. The molecule has 1 heteroatoms. The van der Waals surface area contributed by atoms with Crippen molar-refractivity contribution in [2.75, 3.05) is 6.61 Å². The summed E-state index contributed by atoms with van der Waals surface area (Å²) < 4.78 is 5.78. The molecule has 0 radical (unpaired) electrons. The standard InChI is InChI=1S/C24H26O/c1-3-5-6-7-8-20-25-24-18-16-23(17-19-24)15-14-22-12-10-21(9-4-2)11-13-22/h10-13,16-19H,3,5-8,20H2,1-2H3. The Morgan fingerprint density at radius 1 is 0.680 bits per heavy atom. The van der Waals surface area contributed by atoms with Crippen LogP contribution in [0, 0.1) is 23.7 Å². The van der Waals surface area contributed by atoms with Gasteiger partial charge in [-0.1, -0.05) is 50.4 Å². The van der Waals surface area contributed by atoms with Crippen LogP contribution in [0.15, 0.2) is 48.5 Å². The monoisotopic (exact) mass is 330 g/mol. The summed E-state index contributed by atoms with van der Waals surface area (Å²) in [5.74, 6) is 13.2. The Hall–Kier alpha value is -2.64. The Balaban J connectivity index is 1.82.